The fourth-order valence-electron chi connectivity index (χ4n) is 2.69. The van der Waals surface area contributed by atoms with Crippen LogP contribution in [0.25, 0.3) is 0 Å². The number of hydrogen-bond acceptors (Lipinski definition) is 3. The van der Waals surface area contributed by atoms with Crippen molar-refractivity contribution >= 4 is 0 Å². The van der Waals surface area contributed by atoms with E-state index in [-0.39, 0.29) is 11.2 Å². The third kappa shape index (κ3) is 2.70. The number of benzene rings is 1. The van der Waals surface area contributed by atoms with Gasteiger partial charge in [0.05, 0.1) is 5.41 Å². The first-order chi connectivity index (χ1) is 10.00. The molecule has 0 saturated heterocycles. The van der Waals surface area contributed by atoms with Crippen LogP contribution in [0, 0.1) is 0 Å². The Bertz CT molecular complexity index is 607. The van der Waals surface area contributed by atoms with Crippen molar-refractivity contribution in [2.24, 2.45) is 0 Å². The fraction of sp³-hybridized carbons (Fsp3) is 0.333. The first-order valence-corrected chi connectivity index (χ1v) is 6.63. The van der Waals surface area contributed by atoms with E-state index in [2.05, 4.69) is 14.7 Å². The molecule has 2 aromatic rings. The molecule has 0 N–H and O–H groups in total. The van der Waals surface area contributed by atoms with Crippen molar-refractivity contribution in [3.05, 3.63) is 54.1 Å². The van der Waals surface area contributed by atoms with Gasteiger partial charge in [0.1, 0.15) is 11.6 Å². The Balaban J connectivity index is 1.89. The SMILES string of the molecule is FC(F)(F)Oc1ccc(C2(c3ncccn3)CCC2)cc1. The molecule has 0 unspecified atom stereocenters. The van der Waals surface area contributed by atoms with E-state index in [0.717, 1.165) is 30.7 Å². The van der Waals surface area contributed by atoms with Gasteiger partial charge >= 0.3 is 6.36 Å². The van der Waals surface area contributed by atoms with Crippen molar-refractivity contribution in [1.82, 2.24) is 9.97 Å². The second kappa shape index (κ2) is 5.02. The van der Waals surface area contributed by atoms with E-state index in [1.807, 2.05) is 0 Å². The molecule has 110 valence electrons. The van der Waals surface area contributed by atoms with Gasteiger partial charge in [-0.05, 0) is 36.6 Å². The normalized spacial score (nSPS) is 17.1. The van der Waals surface area contributed by atoms with Crippen LogP contribution in [-0.4, -0.2) is 16.3 Å². The summed E-state index contributed by atoms with van der Waals surface area (Å²) in [5.41, 5.74) is 0.646. The smallest absolute Gasteiger partial charge is 0.406 e. The van der Waals surface area contributed by atoms with Crippen LogP contribution >= 0.6 is 0 Å². The molecule has 1 aromatic carbocycles. The minimum atomic E-state index is -4.67. The average Bonchev–Trinajstić information content (AvgIpc) is 2.39. The number of halogens is 3. The summed E-state index contributed by atoms with van der Waals surface area (Å²) in [6.07, 6.45) is 1.55. The number of alkyl halides is 3. The lowest BCUT2D eigenvalue weighted by Gasteiger charge is -2.40. The second-order valence-corrected chi connectivity index (χ2v) is 5.08. The minimum Gasteiger partial charge on any atom is -0.406 e. The molecular formula is C15H13F3N2O. The van der Waals surface area contributed by atoms with E-state index in [1.54, 1.807) is 30.6 Å². The standard InChI is InChI=1S/C15H13F3N2O/c16-15(17,18)21-12-5-3-11(4-6-12)14(7-1-8-14)13-19-9-2-10-20-13/h2-6,9-10H,1,7-8H2. The molecule has 6 heteroatoms. The summed E-state index contributed by atoms with van der Waals surface area (Å²) in [7, 11) is 0. The van der Waals surface area contributed by atoms with Crippen LogP contribution in [0.15, 0.2) is 42.7 Å². The van der Waals surface area contributed by atoms with Gasteiger partial charge in [0.15, 0.2) is 0 Å². The van der Waals surface area contributed by atoms with Crippen molar-refractivity contribution in [3.8, 4) is 5.75 Å². The maximum Gasteiger partial charge on any atom is 0.573 e. The maximum absolute atomic E-state index is 12.2. The Kier molecular flexibility index (Phi) is 3.31. The number of nitrogens with zero attached hydrogens (tertiary/aromatic N) is 2. The molecule has 0 atom stereocenters. The first kappa shape index (κ1) is 13.9. The highest BCUT2D eigenvalue weighted by molar-refractivity contribution is 5.39. The Labute approximate surface area is 119 Å². The van der Waals surface area contributed by atoms with Gasteiger partial charge in [-0.2, -0.15) is 0 Å². The van der Waals surface area contributed by atoms with Gasteiger partial charge in [-0.1, -0.05) is 18.6 Å². The van der Waals surface area contributed by atoms with Crippen molar-refractivity contribution in [2.45, 2.75) is 31.0 Å². The molecular weight excluding hydrogens is 281 g/mol. The van der Waals surface area contributed by atoms with Gasteiger partial charge in [0, 0.05) is 12.4 Å². The third-order valence-electron chi connectivity index (χ3n) is 3.84. The summed E-state index contributed by atoms with van der Waals surface area (Å²) < 4.78 is 40.4. The molecule has 1 saturated carbocycles. The van der Waals surface area contributed by atoms with Crippen molar-refractivity contribution in [1.29, 1.82) is 0 Å². The molecule has 3 nitrogen and oxygen atoms in total. The quantitative estimate of drug-likeness (QED) is 0.862. The summed E-state index contributed by atoms with van der Waals surface area (Å²) in [6.45, 7) is 0. The van der Waals surface area contributed by atoms with Crippen LogP contribution in [-0.2, 0) is 5.41 Å². The highest BCUT2D eigenvalue weighted by Gasteiger charge is 2.43. The van der Waals surface area contributed by atoms with E-state index in [1.165, 1.54) is 12.1 Å². The van der Waals surface area contributed by atoms with Gasteiger partial charge in [-0.25, -0.2) is 9.97 Å². The number of ether oxygens (including phenoxy) is 1. The van der Waals surface area contributed by atoms with E-state index >= 15 is 0 Å². The maximum atomic E-state index is 12.2. The molecule has 0 amide bonds. The van der Waals surface area contributed by atoms with Crippen LogP contribution in [0.1, 0.15) is 30.7 Å². The molecule has 1 aliphatic carbocycles. The zero-order chi connectivity index (χ0) is 14.9. The number of rotatable bonds is 3. The van der Waals surface area contributed by atoms with Crippen molar-refractivity contribution in [3.63, 3.8) is 0 Å². The molecule has 1 aliphatic rings. The second-order valence-electron chi connectivity index (χ2n) is 5.08. The minimum absolute atomic E-state index is 0.213. The summed E-state index contributed by atoms with van der Waals surface area (Å²) in [5.74, 6) is 0.510. The van der Waals surface area contributed by atoms with Gasteiger partial charge in [-0.15, -0.1) is 13.2 Å². The third-order valence-corrected chi connectivity index (χ3v) is 3.84. The summed E-state index contributed by atoms with van der Waals surface area (Å²) in [4.78, 5) is 8.62. The molecule has 1 aromatic heterocycles. The predicted octanol–water partition coefficient (Wildman–Crippen LogP) is 3.85. The number of hydrogen-bond donors (Lipinski definition) is 0. The van der Waals surface area contributed by atoms with Crippen LogP contribution in [0.2, 0.25) is 0 Å². The summed E-state index contributed by atoms with van der Waals surface area (Å²) in [6, 6.07) is 7.75. The van der Waals surface area contributed by atoms with Crippen molar-refractivity contribution < 1.29 is 17.9 Å². The highest BCUT2D eigenvalue weighted by Crippen LogP contribution is 2.47. The van der Waals surface area contributed by atoms with Crippen LogP contribution in [0.4, 0.5) is 13.2 Å². The zero-order valence-corrected chi connectivity index (χ0v) is 11.1. The topological polar surface area (TPSA) is 35.0 Å². The Morgan fingerprint density at radius 2 is 1.62 bits per heavy atom. The summed E-state index contributed by atoms with van der Waals surface area (Å²) >= 11 is 0. The molecule has 0 bridgehead atoms. The zero-order valence-electron chi connectivity index (χ0n) is 11.1. The van der Waals surface area contributed by atoms with Gasteiger partial charge < -0.3 is 4.74 Å². The highest BCUT2D eigenvalue weighted by atomic mass is 19.4. The first-order valence-electron chi connectivity index (χ1n) is 6.63. The lowest BCUT2D eigenvalue weighted by Crippen LogP contribution is -2.37. The summed E-state index contributed by atoms with van der Waals surface area (Å²) in [5, 5.41) is 0. The molecule has 0 spiro atoms. The monoisotopic (exact) mass is 294 g/mol. The van der Waals surface area contributed by atoms with Gasteiger partial charge in [0.25, 0.3) is 0 Å². The predicted molar refractivity (Wildman–Crippen MR) is 69.8 cm³/mol. The molecule has 1 heterocycles. The van der Waals surface area contributed by atoms with Crippen molar-refractivity contribution in [2.75, 3.05) is 0 Å². The Morgan fingerprint density at radius 3 is 2.10 bits per heavy atom. The molecule has 3 rings (SSSR count). The number of aromatic nitrogens is 2. The van der Waals surface area contributed by atoms with Gasteiger partial charge in [-0.3, -0.25) is 0 Å². The van der Waals surface area contributed by atoms with E-state index in [9.17, 15) is 13.2 Å². The van der Waals surface area contributed by atoms with Crippen LogP contribution < -0.4 is 4.74 Å². The van der Waals surface area contributed by atoms with Gasteiger partial charge in [0.2, 0.25) is 0 Å². The molecule has 0 radical (unpaired) electrons. The largest absolute Gasteiger partial charge is 0.573 e. The average molecular weight is 294 g/mol. The molecule has 1 fully saturated rings. The van der Waals surface area contributed by atoms with Crippen LogP contribution in [0.3, 0.4) is 0 Å². The van der Waals surface area contributed by atoms with E-state index in [0.29, 0.717) is 0 Å². The molecule has 0 aliphatic heterocycles. The fourth-order valence-corrected chi connectivity index (χ4v) is 2.69. The molecule has 21 heavy (non-hydrogen) atoms. The van der Waals surface area contributed by atoms with E-state index < -0.39 is 6.36 Å². The lowest BCUT2D eigenvalue weighted by atomic mass is 9.64. The van der Waals surface area contributed by atoms with Crippen LogP contribution in [0.5, 0.6) is 5.75 Å². The lowest BCUT2D eigenvalue weighted by molar-refractivity contribution is -0.274. The van der Waals surface area contributed by atoms with E-state index in [4.69, 9.17) is 0 Å². The Morgan fingerprint density at radius 1 is 1.00 bits per heavy atom. The Hall–Kier alpha value is -2.11.